The van der Waals surface area contributed by atoms with Gasteiger partial charge in [-0.2, -0.15) is 0 Å². The first-order chi connectivity index (χ1) is 35.7. The summed E-state index contributed by atoms with van der Waals surface area (Å²) in [7, 11) is 0. The van der Waals surface area contributed by atoms with Crippen LogP contribution in [-0.2, 0) is 0 Å². The number of nitrogens with zero attached hydrogens (tertiary/aromatic N) is 3. The summed E-state index contributed by atoms with van der Waals surface area (Å²) in [5, 5.41) is 11.4. The third-order valence-corrected chi connectivity index (χ3v) is 15.9. The van der Waals surface area contributed by atoms with Crippen LogP contribution in [0.25, 0.3) is 60.4 Å². The van der Waals surface area contributed by atoms with E-state index in [1.807, 2.05) is 0 Å². The third kappa shape index (κ3) is 6.35. The zero-order chi connectivity index (χ0) is 47.3. The first-order valence-electron chi connectivity index (χ1n) is 25.3. The number of pyridine rings is 1. The number of rotatable bonds is 6. The molecule has 9 aromatic rings. The minimum absolute atomic E-state index is 0.0139. The Kier molecular flexibility index (Phi) is 9.25. The number of nitrogens with one attached hydrogen (secondary N) is 1. The molecule has 0 bridgehead atoms. The van der Waals surface area contributed by atoms with E-state index in [-0.39, 0.29) is 29.8 Å². The van der Waals surface area contributed by atoms with E-state index in [0.717, 1.165) is 28.3 Å². The van der Waals surface area contributed by atoms with Gasteiger partial charge in [-0.1, -0.05) is 212 Å². The number of hydrogen-bond acceptors (Lipinski definition) is 4. The summed E-state index contributed by atoms with van der Waals surface area (Å²) in [6.07, 6.45) is 25.6. The molecule has 3 aliphatic carbocycles. The zero-order valence-corrected chi connectivity index (χ0v) is 39.5. The molecule has 3 aliphatic heterocycles. The Morgan fingerprint density at radius 2 is 1.08 bits per heavy atom. The van der Waals surface area contributed by atoms with E-state index in [0.29, 0.717) is 0 Å². The predicted octanol–water partition coefficient (Wildman–Crippen LogP) is 16.2. The molecule has 4 heteroatoms. The van der Waals surface area contributed by atoms with Crippen molar-refractivity contribution in [2.75, 3.05) is 9.80 Å². The molecule has 8 aromatic carbocycles. The van der Waals surface area contributed by atoms with E-state index < -0.39 is 0 Å². The summed E-state index contributed by atoms with van der Waals surface area (Å²) < 4.78 is 0. The smallest absolute Gasteiger partial charge is 0.0736 e. The van der Waals surface area contributed by atoms with Crippen LogP contribution in [0.2, 0.25) is 0 Å². The highest BCUT2D eigenvalue weighted by Gasteiger charge is 2.49. The van der Waals surface area contributed by atoms with Gasteiger partial charge in [0.15, 0.2) is 0 Å². The number of dihydropyridines is 1. The summed E-state index contributed by atoms with van der Waals surface area (Å²) in [4.78, 5) is 10.8. The quantitative estimate of drug-likeness (QED) is 0.180. The molecule has 5 atom stereocenters. The Morgan fingerprint density at radius 1 is 0.472 bits per heavy atom. The van der Waals surface area contributed by atoms with Crippen molar-refractivity contribution in [1.82, 2.24) is 10.3 Å². The molecular formula is C68H48N4. The van der Waals surface area contributed by atoms with Gasteiger partial charge < -0.3 is 15.1 Å². The highest BCUT2D eigenvalue weighted by Crippen LogP contribution is 2.59. The van der Waals surface area contributed by atoms with Gasteiger partial charge in [0, 0.05) is 57.0 Å². The van der Waals surface area contributed by atoms with E-state index in [2.05, 4.69) is 270 Å². The first kappa shape index (κ1) is 40.9. The number of aromatic nitrogens is 1. The van der Waals surface area contributed by atoms with Crippen LogP contribution in [0.3, 0.4) is 0 Å². The Morgan fingerprint density at radius 3 is 1.92 bits per heavy atom. The van der Waals surface area contributed by atoms with Crippen LogP contribution in [0.1, 0.15) is 39.9 Å². The Balaban J connectivity index is 0.923. The van der Waals surface area contributed by atoms with E-state index in [1.165, 1.54) is 88.5 Å². The van der Waals surface area contributed by atoms with Crippen LogP contribution in [-0.4, -0.2) is 11.0 Å². The highest BCUT2D eigenvalue weighted by atomic mass is 15.3. The van der Waals surface area contributed by atoms with Crippen molar-refractivity contribution in [3.05, 3.63) is 294 Å². The van der Waals surface area contributed by atoms with E-state index in [9.17, 15) is 0 Å². The van der Waals surface area contributed by atoms with Gasteiger partial charge in [-0.05, 0) is 97.1 Å². The van der Waals surface area contributed by atoms with Crippen molar-refractivity contribution < 1.29 is 0 Å². The van der Waals surface area contributed by atoms with Gasteiger partial charge >= 0.3 is 0 Å². The topological polar surface area (TPSA) is 31.4 Å². The monoisotopic (exact) mass is 920 g/mol. The lowest BCUT2D eigenvalue weighted by Gasteiger charge is -2.38. The number of anilines is 3. The molecule has 340 valence electrons. The first-order valence-corrected chi connectivity index (χ1v) is 25.3. The number of para-hydroxylation sites is 2. The normalized spacial score (nSPS) is 21.2. The van der Waals surface area contributed by atoms with Gasteiger partial charge in [0.05, 0.1) is 35.1 Å². The van der Waals surface area contributed by atoms with Gasteiger partial charge in [0.2, 0.25) is 0 Å². The molecule has 0 amide bonds. The molecule has 0 radical (unpaired) electrons. The summed E-state index contributed by atoms with van der Waals surface area (Å²) in [6, 6.07) is 69.0. The van der Waals surface area contributed by atoms with Crippen LogP contribution in [0, 0.1) is 11.8 Å². The van der Waals surface area contributed by atoms with Gasteiger partial charge in [0.1, 0.15) is 0 Å². The lowest BCUT2D eigenvalue weighted by Crippen LogP contribution is -2.39. The van der Waals surface area contributed by atoms with Gasteiger partial charge in [0.25, 0.3) is 0 Å². The maximum atomic E-state index is 5.61. The number of allylic oxidation sites excluding steroid dienone is 11. The summed E-state index contributed by atoms with van der Waals surface area (Å²) in [5.41, 5.74) is 17.8. The van der Waals surface area contributed by atoms with E-state index in [1.54, 1.807) is 0 Å². The maximum Gasteiger partial charge on any atom is 0.0736 e. The average molecular weight is 921 g/mol. The second-order valence-corrected chi connectivity index (χ2v) is 19.8. The third-order valence-electron chi connectivity index (χ3n) is 15.9. The van der Waals surface area contributed by atoms with Crippen LogP contribution in [0.4, 0.5) is 17.1 Å². The summed E-state index contributed by atoms with van der Waals surface area (Å²) in [6.45, 7) is 0. The molecule has 15 rings (SSSR count). The molecule has 72 heavy (non-hydrogen) atoms. The summed E-state index contributed by atoms with van der Waals surface area (Å²) in [5.74, 6) is 0.507. The second-order valence-electron chi connectivity index (χ2n) is 19.8. The SMILES string of the molecule is C1=CC2C=CC=C(c3cc(N4C5=CC=C6c7ccccc7N(C7=CC(c8cccc9ccccc89)NC(c8cccc9ccccc89)=C7)C6C5c5ccccc54)cc(-c4cccc5ccccc45)n3)C2C=C1. The molecule has 6 aliphatic rings. The minimum atomic E-state index is -0.100. The average Bonchev–Trinajstić information content (AvgIpc) is 3.97. The summed E-state index contributed by atoms with van der Waals surface area (Å²) >= 11 is 0. The van der Waals surface area contributed by atoms with Crippen molar-refractivity contribution >= 4 is 66.2 Å². The number of hydrogen-bond donors (Lipinski definition) is 1. The Bertz CT molecular complexity index is 4010. The van der Waals surface area contributed by atoms with E-state index >= 15 is 0 Å². The standard InChI is InChI=1S/C68H48N4/c1-5-25-49-43(17-1)21-13-31-53(49)60-39-47(40-61(69-60)54-32-14-22-44-18-2-6-26-50(44)54)71-65-36-12-10-30-59(65)67-66(71)38-37-58-57-29-9-11-35-64(57)72(68(58)67)48-41-62(55-33-15-23-45-19-3-7-27-51(45)55)70-63(42-48)56-34-16-24-46-20-4-8-28-52(46)56/h1-43,49,62,67-68,70H. The molecule has 4 heterocycles. The fourth-order valence-corrected chi connectivity index (χ4v) is 12.8. The van der Waals surface area contributed by atoms with Gasteiger partial charge in [-0.15, -0.1) is 0 Å². The molecule has 1 aromatic heterocycles. The molecule has 1 N–H and O–H groups in total. The molecule has 0 saturated carbocycles. The predicted molar refractivity (Wildman–Crippen MR) is 299 cm³/mol. The molecular weight excluding hydrogens is 873 g/mol. The molecule has 0 fully saturated rings. The Hall–Kier alpha value is -8.99. The second kappa shape index (κ2) is 16.3. The van der Waals surface area contributed by atoms with Crippen molar-refractivity contribution in [3.8, 4) is 11.3 Å². The van der Waals surface area contributed by atoms with Crippen molar-refractivity contribution in [2.45, 2.75) is 18.0 Å². The molecule has 5 unspecified atom stereocenters. The Labute approximate surface area is 419 Å². The molecule has 0 spiro atoms. The fraction of sp³-hybridized carbons (Fsp3) is 0.0735. The lowest BCUT2D eigenvalue weighted by molar-refractivity contribution is 0.674. The van der Waals surface area contributed by atoms with Crippen LogP contribution in [0.15, 0.2) is 266 Å². The fourth-order valence-electron chi connectivity index (χ4n) is 12.8. The maximum absolute atomic E-state index is 5.61. The molecule has 0 saturated heterocycles. The van der Waals surface area contributed by atoms with E-state index in [4.69, 9.17) is 4.98 Å². The van der Waals surface area contributed by atoms with Crippen LogP contribution >= 0.6 is 0 Å². The molecule has 4 nitrogen and oxygen atoms in total. The van der Waals surface area contributed by atoms with Crippen LogP contribution in [0.5, 0.6) is 0 Å². The minimum Gasteiger partial charge on any atom is -0.374 e. The number of fused-ring (bicyclic) bond motifs is 11. The lowest BCUT2D eigenvalue weighted by atomic mass is 9.78. The van der Waals surface area contributed by atoms with Gasteiger partial charge in [-0.25, -0.2) is 4.98 Å². The van der Waals surface area contributed by atoms with Crippen molar-refractivity contribution in [2.24, 2.45) is 11.8 Å². The number of benzene rings is 8. The van der Waals surface area contributed by atoms with Crippen LogP contribution < -0.4 is 15.1 Å². The van der Waals surface area contributed by atoms with Gasteiger partial charge in [-0.3, -0.25) is 0 Å². The van der Waals surface area contributed by atoms with Crippen molar-refractivity contribution in [1.29, 1.82) is 0 Å². The zero-order valence-electron chi connectivity index (χ0n) is 39.5. The largest absolute Gasteiger partial charge is 0.374 e. The van der Waals surface area contributed by atoms with Crippen molar-refractivity contribution in [3.63, 3.8) is 0 Å². The highest BCUT2D eigenvalue weighted by molar-refractivity contribution is 6.00.